The Morgan fingerprint density at radius 3 is 0.803 bits per heavy atom. The van der Waals surface area contributed by atoms with Gasteiger partial charge in [-0.2, -0.15) is 0 Å². The third-order valence-electron chi connectivity index (χ3n) is 12.5. The number of rotatable bonds is 50. The first-order valence-electron chi connectivity index (χ1n) is 27.4. The quantitative estimate of drug-likeness (QED) is 0.0344. The maximum atomic E-state index is 12.8. The van der Waals surface area contributed by atoms with Crippen LogP contribution < -0.4 is 0 Å². The lowest BCUT2D eigenvalue weighted by Crippen LogP contribution is -2.30. The average Bonchev–Trinajstić information content (AvgIpc) is 3.24. The van der Waals surface area contributed by atoms with E-state index in [0.29, 0.717) is 19.3 Å². The molecule has 0 unspecified atom stereocenters. The van der Waals surface area contributed by atoms with Crippen LogP contribution in [0.15, 0.2) is 0 Å². The molecule has 0 heterocycles. The molecule has 6 heteroatoms. The molecule has 0 amide bonds. The van der Waals surface area contributed by atoms with Crippen LogP contribution in [-0.2, 0) is 28.6 Å². The maximum Gasteiger partial charge on any atom is 0.306 e. The van der Waals surface area contributed by atoms with E-state index in [9.17, 15) is 14.4 Å². The van der Waals surface area contributed by atoms with Crippen LogP contribution in [0.5, 0.6) is 0 Å². The molecule has 0 rings (SSSR count). The van der Waals surface area contributed by atoms with Gasteiger partial charge in [0.05, 0.1) is 0 Å². The van der Waals surface area contributed by atoms with Crippen molar-refractivity contribution in [1.29, 1.82) is 0 Å². The van der Waals surface area contributed by atoms with Crippen molar-refractivity contribution in [3.63, 3.8) is 0 Å². The molecular formula is C55H106O6. The minimum Gasteiger partial charge on any atom is -0.462 e. The molecule has 0 aliphatic rings. The fourth-order valence-electron chi connectivity index (χ4n) is 8.39. The van der Waals surface area contributed by atoms with E-state index in [0.717, 1.165) is 63.7 Å². The Balaban J connectivity index is 4.24. The van der Waals surface area contributed by atoms with Gasteiger partial charge in [-0.05, 0) is 25.2 Å². The van der Waals surface area contributed by atoms with E-state index in [1.807, 2.05) is 0 Å². The number of hydrogen-bond acceptors (Lipinski definition) is 6. The lowest BCUT2D eigenvalue weighted by Gasteiger charge is -2.18. The molecule has 0 aromatic carbocycles. The topological polar surface area (TPSA) is 78.9 Å². The van der Waals surface area contributed by atoms with Gasteiger partial charge in [0.2, 0.25) is 0 Å². The van der Waals surface area contributed by atoms with Crippen LogP contribution in [0.3, 0.4) is 0 Å². The zero-order valence-electron chi connectivity index (χ0n) is 41.6. The van der Waals surface area contributed by atoms with Crippen molar-refractivity contribution in [2.45, 2.75) is 316 Å². The molecular weight excluding hydrogens is 757 g/mol. The molecule has 0 spiro atoms. The summed E-state index contributed by atoms with van der Waals surface area (Å²) in [5.41, 5.74) is 0. The van der Waals surface area contributed by atoms with Gasteiger partial charge >= 0.3 is 17.9 Å². The lowest BCUT2D eigenvalue weighted by atomic mass is 10.0. The van der Waals surface area contributed by atoms with E-state index in [1.165, 1.54) is 205 Å². The summed E-state index contributed by atoms with van der Waals surface area (Å²) in [6, 6.07) is 0. The maximum absolute atomic E-state index is 12.8. The standard InChI is InChI=1S/C55H106O6/c1-5-7-9-11-13-15-17-19-20-21-22-23-24-25-27-31-35-39-43-47-54(57)60-50-52(61-55(58)48-44-40-36-32-28-29-33-37-41-45-51(3)4)49-59-53(56)46-42-38-34-30-26-18-16-14-12-10-8-6-2/h51-52H,5-50H2,1-4H3/t52-/m0/s1. The van der Waals surface area contributed by atoms with Crippen LogP contribution in [0.2, 0.25) is 0 Å². The highest BCUT2D eigenvalue weighted by Crippen LogP contribution is 2.17. The minimum atomic E-state index is -0.761. The highest BCUT2D eigenvalue weighted by molar-refractivity contribution is 5.71. The number of esters is 3. The summed E-state index contributed by atoms with van der Waals surface area (Å²) in [5.74, 6) is -0.0368. The number of unbranched alkanes of at least 4 members (excludes halogenated alkanes) is 37. The predicted octanol–water partition coefficient (Wildman–Crippen LogP) is 17.8. The highest BCUT2D eigenvalue weighted by atomic mass is 16.6. The van der Waals surface area contributed by atoms with Crippen LogP contribution >= 0.6 is 0 Å². The van der Waals surface area contributed by atoms with E-state index >= 15 is 0 Å². The zero-order chi connectivity index (χ0) is 44.5. The summed E-state index contributed by atoms with van der Waals surface area (Å²) in [7, 11) is 0. The smallest absolute Gasteiger partial charge is 0.306 e. The molecule has 0 aromatic rings. The second-order valence-corrected chi connectivity index (χ2v) is 19.3. The third-order valence-corrected chi connectivity index (χ3v) is 12.5. The van der Waals surface area contributed by atoms with Gasteiger partial charge in [0.25, 0.3) is 0 Å². The van der Waals surface area contributed by atoms with Crippen molar-refractivity contribution >= 4 is 17.9 Å². The molecule has 61 heavy (non-hydrogen) atoms. The first-order chi connectivity index (χ1) is 29.9. The van der Waals surface area contributed by atoms with Crippen molar-refractivity contribution in [1.82, 2.24) is 0 Å². The van der Waals surface area contributed by atoms with E-state index in [1.54, 1.807) is 0 Å². The Kier molecular flexibility index (Phi) is 48.1. The van der Waals surface area contributed by atoms with Crippen molar-refractivity contribution in [2.75, 3.05) is 13.2 Å². The number of ether oxygens (including phenoxy) is 3. The second-order valence-electron chi connectivity index (χ2n) is 19.3. The molecule has 0 aliphatic heterocycles. The summed E-state index contributed by atoms with van der Waals surface area (Å²) >= 11 is 0. The zero-order valence-corrected chi connectivity index (χ0v) is 41.6. The molecule has 0 aromatic heterocycles. The Hall–Kier alpha value is -1.59. The van der Waals surface area contributed by atoms with E-state index in [4.69, 9.17) is 14.2 Å². The molecule has 0 N–H and O–H groups in total. The van der Waals surface area contributed by atoms with Gasteiger partial charge in [-0.1, -0.05) is 272 Å². The highest BCUT2D eigenvalue weighted by Gasteiger charge is 2.19. The fraction of sp³-hybridized carbons (Fsp3) is 0.945. The molecule has 1 atom stereocenters. The summed E-state index contributed by atoms with van der Waals surface area (Å²) in [6.45, 7) is 9.02. The van der Waals surface area contributed by atoms with Crippen molar-refractivity contribution in [3.05, 3.63) is 0 Å². The van der Waals surface area contributed by atoms with Gasteiger partial charge in [-0.3, -0.25) is 14.4 Å². The SMILES string of the molecule is CCCCCCCCCCCCCCCCCCCCCC(=O)OC[C@H](COC(=O)CCCCCCCCCCCCCC)OC(=O)CCCCCCCCCCCC(C)C. The molecule has 6 nitrogen and oxygen atoms in total. The second kappa shape index (κ2) is 49.4. The Morgan fingerprint density at radius 1 is 0.311 bits per heavy atom. The van der Waals surface area contributed by atoms with E-state index in [2.05, 4.69) is 27.7 Å². The van der Waals surface area contributed by atoms with Crippen LogP contribution in [0, 0.1) is 5.92 Å². The van der Waals surface area contributed by atoms with Crippen molar-refractivity contribution < 1.29 is 28.6 Å². The molecule has 0 bridgehead atoms. The molecule has 0 fully saturated rings. The largest absolute Gasteiger partial charge is 0.462 e. The Bertz CT molecular complexity index is 918. The van der Waals surface area contributed by atoms with Gasteiger partial charge < -0.3 is 14.2 Å². The van der Waals surface area contributed by atoms with Crippen LogP contribution in [0.1, 0.15) is 310 Å². The number of hydrogen-bond donors (Lipinski definition) is 0. The lowest BCUT2D eigenvalue weighted by molar-refractivity contribution is -0.167. The van der Waals surface area contributed by atoms with Crippen LogP contribution in [-0.4, -0.2) is 37.2 Å². The molecule has 362 valence electrons. The fourth-order valence-corrected chi connectivity index (χ4v) is 8.39. The molecule has 0 radical (unpaired) electrons. The summed E-state index contributed by atoms with van der Waals surface area (Å²) < 4.78 is 16.8. The first-order valence-corrected chi connectivity index (χ1v) is 27.4. The molecule has 0 aliphatic carbocycles. The average molecular weight is 863 g/mol. The summed E-state index contributed by atoms with van der Waals surface area (Å²) in [6.07, 6.45) is 52.4. The normalized spacial score (nSPS) is 12.0. The van der Waals surface area contributed by atoms with E-state index < -0.39 is 6.10 Å². The summed E-state index contributed by atoms with van der Waals surface area (Å²) in [5, 5.41) is 0. The van der Waals surface area contributed by atoms with Gasteiger partial charge in [0, 0.05) is 19.3 Å². The summed E-state index contributed by atoms with van der Waals surface area (Å²) in [4.78, 5) is 38.0. The van der Waals surface area contributed by atoms with Crippen molar-refractivity contribution in [3.8, 4) is 0 Å². The van der Waals surface area contributed by atoms with Gasteiger partial charge in [0.1, 0.15) is 13.2 Å². The predicted molar refractivity (Wildman–Crippen MR) is 261 cm³/mol. The van der Waals surface area contributed by atoms with Crippen LogP contribution in [0.4, 0.5) is 0 Å². The molecule has 0 saturated carbocycles. The van der Waals surface area contributed by atoms with Gasteiger partial charge in [-0.25, -0.2) is 0 Å². The Morgan fingerprint density at radius 2 is 0.541 bits per heavy atom. The first kappa shape index (κ1) is 59.4. The van der Waals surface area contributed by atoms with Crippen molar-refractivity contribution in [2.24, 2.45) is 5.92 Å². The Labute approximate surface area is 380 Å². The number of carbonyl (C=O) groups is 3. The number of carbonyl (C=O) groups excluding carboxylic acids is 3. The van der Waals surface area contributed by atoms with Crippen LogP contribution in [0.25, 0.3) is 0 Å². The van der Waals surface area contributed by atoms with Gasteiger partial charge in [0.15, 0.2) is 6.10 Å². The minimum absolute atomic E-state index is 0.0627. The third kappa shape index (κ3) is 49.3. The molecule has 0 saturated heterocycles. The van der Waals surface area contributed by atoms with Gasteiger partial charge in [-0.15, -0.1) is 0 Å². The van der Waals surface area contributed by atoms with E-state index in [-0.39, 0.29) is 31.1 Å². The monoisotopic (exact) mass is 863 g/mol.